The van der Waals surface area contributed by atoms with Gasteiger partial charge in [-0.15, -0.1) is 0 Å². The minimum atomic E-state index is -3.70. The van der Waals surface area contributed by atoms with Crippen molar-refractivity contribution in [3.05, 3.63) is 49.0 Å². The van der Waals surface area contributed by atoms with E-state index in [1.807, 2.05) is 0 Å². The number of aryl methyl sites for hydroxylation is 1. The highest BCUT2D eigenvalue weighted by atomic mass is 79.9. The molecule has 7 nitrogen and oxygen atoms in total. The van der Waals surface area contributed by atoms with Crippen molar-refractivity contribution in [3.63, 3.8) is 0 Å². The number of benzene rings is 1. The Balaban J connectivity index is 2.21. The average molecular weight is 429 g/mol. The fraction of sp³-hybridized carbons (Fsp3) is 0.182. The maximum absolute atomic E-state index is 12.3. The standard InChI is InChI=1S/C11H8BrCl2N3O4S/c12-8-6-16(15-11(8)17(18)19)3-4-22(20,21)10-5-7(13)1-2-9(10)14/h1-2,5-6H,3-4H2. The van der Waals surface area contributed by atoms with E-state index in [2.05, 4.69) is 21.0 Å². The molecule has 0 bridgehead atoms. The lowest BCUT2D eigenvalue weighted by molar-refractivity contribution is -0.390. The zero-order valence-corrected chi connectivity index (χ0v) is 14.7. The molecule has 0 atom stereocenters. The summed E-state index contributed by atoms with van der Waals surface area (Å²) in [5.41, 5.74) is 0. The van der Waals surface area contributed by atoms with Gasteiger partial charge in [0.2, 0.25) is 0 Å². The first-order valence-electron chi connectivity index (χ1n) is 5.76. The van der Waals surface area contributed by atoms with Gasteiger partial charge < -0.3 is 10.1 Å². The third-order valence-electron chi connectivity index (χ3n) is 2.69. The molecule has 1 aromatic heterocycles. The fourth-order valence-electron chi connectivity index (χ4n) is 1.66. The molecule has 11 heteroatoms. The summed E-state index contributed by atoms with van der Waals surface area (Å²) < 4.78 is 25.9. The molecule has 0 aliphatic heterocycles. The van der Waals surface area contributed by atoms with E-state index in [4.69, 9.17) is 23.2 Å². The summed E-state index contributed by atoms with van der Waals surface area (Å²) >= 11 is 14.6. The Morgan fingerprint density at radius 2 is 2.05 bits per heavy atom. The first-order chi connectivity index (χ1) is 10.2. The van der Waals surface area contributed by atoms with Gasteiger partial charge in [-0.25, -0.2) is 8.42 Å². The minimum Gasteiger partial charge on any atom is -0.358 e. The second kappa shape index (κ2) is 6.53. The van der Waals surface area contributed by atoms with E-state index in [0.29, 0.717) is 0 Å². The van der Waals surface area contributed by atoms with Crippen LogP contribution in [0, 0.1) is 10.1 Å². The molecule has 1 heterocycles. The lowest BCUT2D eigenvalue weighted by Crippen LogP contribution is -2.14. The van der Waals surface area contributed by atoms with Gasteiger partial charge in [-0.1, -0.05) is 23.2 Å². The Morgan fingerprint density at radius 1 is 1.36 bits per heavy atom. The Kier molecular flexibility index (Phi) is 5.10. The Labute approximate surface area is 144 Å². The van der Waals surface area contributed by atoms with Crippen LogP contribution in [0.25, 0.3) is 0 Å². The van der Waals surface area contributed by atoms with Gasteiger partial charge in [-0.3, -0.25) is 0 Å². The Hall–Kier alpha value is -1.16. The molecule has 0 aliphatic rings. The molecule has 0 fully saturated rings. The normalized spacial score (nSPS) is 11.6. The number of hydrogen-bond donors (Lipinski definition) is 0. The molecule has 118 valence electrons. The molecular formula is C11H8BrCl2N3O4S. The van der Waals surface area contributed by atoms with Crippen molar-refractivity contribution in [2.75, 3.05) is 5.75 Å². The monoisotopic (exact) mass is 427 g/mol. The summed E-state index contributed by atoms with van der Waals surface area (Å²) in [5, 5.41) is 14.7. The van der Waals surface area contributed by atoms with E-state index >= 15 is 0 Å². The summed E-state index contributed by atoms with van der Waals surface area (Å²) in [6.45, 7) is -0.0579. The van der Waals surface area contributed by atoms with Gasteiger partial charge in [0.25, 0.3) is 0 Å². The van der Waals surface area contributed by atoms with Crippen LogP contribution in [0.1, 0.15) is 0 Å². The van der Waals surface area contributed by atoms with Crippen LogP contribution in [0.4, 0.5) is 5.82 Å². The second-order valence-electron chi connectivity index (χ2n) is 4.21. The van der Waals surface area contributed by atoms with Crippen LogP contribution in [-0.2, 0) is 16.4 Å². The molecule has 0 aliphatic carbocycles. The van der Waals surface area contributed by atoms with E-state index in [9.17, 15) is 18.5 Å². The molecule has 1 aromatic carbocycles. The topological polar surface area (TPSA) is 95.1 Å². The molecule has 0 saturated heterocycles. The Bertz CT molecular complexity index is 838. The number of sulfone groups is 1. The first kappa shape index (κ1) is 17.2. The highest BCUT2D eigenvalue weighted by Crippen LogP contribution is 2.26. The molecule has 0 saturated carbocycles. The van der Waals surface area contributed by atoms with Gasteiger partial charge >= 0.3 is 5.82 Å². The van der Waals surface area contributed by atoms with Crippen LogP contribution in [0.5, 0.6) is 0 Å². The van der Waals surface area contributed by atoms with Crippen molar-refractivity contribution in [2.24, 2.45) is 0 Å². The number of nitrogens with zero attached hydrogens (tertiary/aromatic N) is 3. The summed E-state index contributed by atoms with van der Waals surface area (Å²) in [6.07, 6.45) is 1.34. The lowest BCUT2D eigenvalue weighted by atomic mass is 10.4. The fourth-order valence-corrected chi connectivity index (χ4v) is 4.15. The van der Waals surface area contributed by atoms with Crippen molar-refractivity contribution in [2.45, 2.75) is 11.4 Å². The number of halogens is 3. The van der Waals surface area contributed by atoms with Crippen molar-refractivity contribution in [1.29, 1.82) is 0 Å². The maximum atomic E-state index is 12.3. The highest BCUT2D eigenvalue weighted by Gasteiger charge is 2.22. The second-order valence-corrected chi connectivity index (χ2v) is 7.99. The number of nitro groups is 1. The third kappa shape index (κ3) is 3.78. The predicted molar refractivity (Wildman–Crippen MR) is 85.1 cm³/mol. The molecule has 22 heavy (non-hydrogen) atoms. The zero-order chi connectivity index (χ0) is 16.5. The average Bonchev–Trinajstić information content (AvgIpc) is 2.81. The number of hydrogen-bond acceptors (Lipinski definition) is 5. The molecule has 0 N–H and O–H groups in total. The zero-order valence-electron chi connectivity index (χ0n) is 10.7. The third-order valence-corrected chi connectivity index (χ3v) is 5.65. The van der Waals surface area contributed by atoms with Crippen LogP contribution in [0.2, 0.25) is 10.0 Å². The lowest BCUT2D eigenvalue weighted by Gasteiger charge is -2.06. The van der Waals surface area contributed by atoms with Crippen LogP contribution < -0.4 is 0 Å². The molecule has 2 aromatic rings. The van der Waals surface area contributed by atoms with E-state index in [-0.39, 0.29) is 37.5 Å². The first-order valence-corrected chi connectivity index (χ1v) is 8.96. The Morgan fingerprint density at radius 3 is 2.64 bits per heavy atom. The van der Waals surface area contributed by atoms with Crippen LogP contribution in [0.15, 0.2) is 33.8 Å². The van der Waals surface area contributed by atoms with Gasteiger partial charge in [0.1, 0.15) is 4.47 Å². The van der Waals surface area contributed by atoms with Gasteiger partial charge in [-0.05, 0) is 39.1 Å². The van der Waals surface area contributed by atoms with Crippen molar-refractivity contribution >= 4 is 54.8 Å². The van der Waals surface area contributed by atoms with Crippen LogP contribution in [-0.4, -0.2) is 28.9 Å². The van der Waals surface area contributed by atoms with Gasteiger partial charge in [0, 0.05) is 5.02 Å². The molecular weight excluding hydrogens is 421 g/mol. The van der Waals surface area contributed by atoms with Crippen molar-refractivity contribution < 1.29 is 13.3 Å². The smallest absolute Gasteiger partial charge is 0.358 e. The predicted octanol–water partition coefficient (Wildman–Crippen LogP) is 3.33. The molecule has 2 rings (SSSR count). The molecule has 0 spiro atoms. The minimum absolute atomic E-state index is 0.0579. The summed E-state index contributed by atoms with van der Waals surface area (Å²) in [6, 6.07) is 4.14. The highest BCUT2D eigenvalue weighted by molar-refractivity contribution is 9.10. The number of rotatable bonds is 5. The quantitative estimate of drug-likeness (QED) is 0.537. The molecule has 0 unspecified atom stereocenters. The number of aromatic nitrogens is 2. The van der Waals surface area contributed by atoms with E-state index in [0.717, 1.165) is 0 Å². The maximum Gasteiger partial charge on any atom is 0.404 e. The SMILES string of the molecule is O=[N+]([O-])c1nn(CCS(=O)(=O)c2cc(Cl)ccc2Cl)cc1Br. The van der Waals surface area contributed by atoms with Crippen molar-refractivity contribution in [1.82, 2.24) is 9.78 Å². The largest absolute Gasteiger partial charge is 0.404 e. The van der Waals surface area contributed by atoms with Crippen LogP contribution >= 0.6 is 39.1 Å². The van der Waals surface area contributed by atoms with Gasteiger partial charge in [-0.2, -0.15) is 4.68 Å². The van der Waals surface area contributed by atoms with Crippen LogP contribution in [0.3, 0.4) is 0 Å². The summed E-state index contributed by atoms with van der Waals surface area (Å²) in [7, 11) is -3.70. The van der Waals surface area contributed by atoms with E-state index < -0.39 is 14.8 Å². The van der Waals surface area contributed by atoms with E-state index in [1.165, 1.54) is 29.1 Å². The van der Waals surface area contributed by atoms with Gasteiger partial charge in [0.15, 0.2) is 9.84 Å². The summed E-state index contributed by atoms with van der Waals surface area (Å²) in [4.78, 5) is 9.94. The molecule has 0 amide bonds. The van der Waals surface area contributed by atoms with Crippen molar-refractivity contribution in [3.8, 4) is 0 Å². The van der Waals surface area contributed by atoms with E-state index in [1.54, 1.807) is 0 Å². The summed E-state index contributed by atoms with van der Waals surface area (Å²) in [5.74, 6) is -0.698. The van der Waals surface area contributed by atoms with Gasteiger partial charge in [0.05, 0.1) is 33.5 Å². The molecule has 0 radical (unpaired) electrons.